The van der Waals surface area contributed by atoms with Crippen molar-refractivity contribution >= 4 is 5.91 Å². The van der Waals surface area contributed by atoms with Gasteiger partial charge in [0.05, 0.1) is 6.04 Å². The Kier molecular flexibility index (Phi) is 9.09. The van der Waals surface area contributed by atoms with Crippen LogP contribution in [0.4, 0.5) is 0 Å². The van der Waals surface area contributed by atoms with Crippen molar-refractivity contribution < 1.29 is 4.79 Å². The van der Waals surface area contributed by atoms with Crippen molar-refractivity contribution in [1.29, 1.82) is 0 Å². The first-order valence-corrected chi connectivity index (χ1v) is 6.74. The summed E-state index contributed by atoms with van der Waals surface area (Å²) >= 11 is 0. The Labute approximate surface area is 106 Å². The van der Waals surface area contributed by atoms with Crippen molar-refractivity contribution in [1.82, 2.24) is 10.2 Å². The second kappa shape index (κ2) is 9.42. The van der Waals surface area contributed by atoms with Crippen LogP contribution in [-0.2, 0) is 4.79 Å². The Morgan fingerprint density at radius 2 is 2.00 bits per heavy atom. The molecule has 0 spiro atoms. The van der Waals surface area contributed by atoms with Crippen molar-refractivity contribution in [3.63, 3.8) is 0 Å². The highest BCUT2D eigenvalue weighted by molar-refractivity contribution is 5.81. The van der Waals surface area contributed by atoms with Crippen molar-refractivity contribution in [2.24, 2.45) is 11.7 Å². The number of nitrogens with zero attached hydrogens (tertiary/aromatic N) is 1. The van der Waals surface area contributed by atoms with E-state index in [1.165, 1.54) is 0 Å². The van der Waals surface area contributed by atoms with Gasteiger partial charge in [-0.3, -0.25) is 9.69 Å². The monoisotopic (exact) mass is 243 g/mol. The summed E-state index contributed by atoms with van der Waals surface area (Å²) < 4.78 is 0. The Hall–Kier alpha value is -0.610. The molecule has 0 saturated carbocycles. The molecule has 0 aromatic rings. The molecule has 4 nitrogen and oxygen atoms in total. The molecule has 1 atom stereocenters. The van der Waals surface area contributed by atoms with Crippen molar-refractivity contribution in [2.75, 3.05) is 26.2 Å². The summed E-state index contributed by atoms with van der Waals surface area (Å²) in [5.74, 6) is 0.693. The maximum atomic E-state index is 11.9. The van der Waals surface area contributed by atoms with Gasteiger partial charge in [-0.25, -0.2) is 0 Å². The molecule has 0 bridgehead atoms. The lowest BCUT2D eigenvalue weighted by atomic mass is 10.1. The highest BCUT2D eigenvalue weighted by Crippen LogP contribution is 2.05. The molecule has 3 N–H and O–H groups in total. The average molecular weight is 243 g/mol. The molecule has 0 radical (unpaired) electrons. The summed E-state index contributed by atoms with van der Waals surface area (Å²) in [6.45, 7) is 11.7. The minimum Gasteiger partial charge on any atom is -0.355 e. The van der Waals surface area contributed by atoms with Crippen LogP contribution in [0.15, 0.2) is 0 Å². The van der Waals surface area contributed by atoms with Gasteiger partial charge in [-0.1, -0.05) is 20.8 Å². The van der Waals surface area contributed by atoms with E-state index in [2.05, 4.69) is 31.0 Å². The lowest BCUT2D eigenvalue weighted by Crippen LogP contribution is -2.47. The van der Waals surface area contributed by atoms with Gasteiger partial charge in [-0.15, -0.1) is 0 Å². The summed E-state index contributed by atoms with van der Waals surface area (Å²) in [5, 5.41) is 2.95. The van der Waals surface area contributed by atoms with Gasteiger partial charge in [0.15, 0.2) is 0 Å². The zero-order chi connectivity index (χ0) is 13.3. The molecule has 0 aliphatic carbocycles. The second-order valence-electron chi connectivity index (χ2n) is 5.00. The molecule has 0 aromatic carbocycles. The van der Waals surface area contributed by atoms with E-state index in [0.29, 0.717) is 12.5 Å². The summed E-state index contributed by atoms with van der Waals surface area (Å²) in [6.07, 6.45) is 1.92. The molecule has 0 aliphatic rings. The molecule has 0 heterocycles. The first kappa shape index (κ1) is 16.4. The van der Waals surface area contributed by atoms with Crippen LogP contribution in [0.2, 0.25) is 0 Å². The van der Waals surface area contributed by atoms with Crippen LogP contribution in [-0.4, -0.2) is 43.0 Å². The Bertz CT molecular complexity index is 207. The number of hydrogen-bond donors (Lipinski definition) is 2. The van der Waals surface area contributed by atoms with Crippen LogP contribution in [0, 0.1) is 5.92 Å². The molecule has 0 saturated heterocycles. The maximum Gasteiger partial charge on any atom is 0.237 e. The summed E-state index contributed by atoms with van der Waals surface area (Å²) in [4.78, 5) is 14.1. The van der Waals surface area contributed by atoms with Crippen molar-refractivity contribution in [3.8, 4) is 0 Å². The molecule has 0 aromatic heterocycles. The summed E-state index contributed by atoms with van der Waals surface area (Å²) in [6, 6.07) is -0.0597. The molecule has 1 unspecified atom stereocenters. The van der Waals surface area contributed by atoms with Crippen LogP contribution in [0.5, 0.6) is 0 Å². The molecule has 1 amide bonds. The van der Waals surface area contributed by atoms with E-state index >= 15 is 0 Å². The fraction of sp³-hybridized carbons (Fsp3) is 0.923. The lowest BCUT2D eigenvalue weighted by molar-refractivity contribution is -0.126. The van der Waals surface area contributed by atoms with Gasteiger partial charge in [0.1, 0.15) is 0 Å². The fourth-order valence-corrected chi connectivity index (χ4v) is 1.77. The normalized spacial score (nSPS) is 13.1. The van der Waals surface area contributed by atoms with Crippen LogP contribution >= 0.6 is 0 Å². The third kappa shape index (κ3) is 7.34. The molecule has 0 rings (SSSR count). The van der Waals surface area contributed by atoms with E-state index in [0.717, 1.165) is 32.5 Å². The Balaban J connectivity index is 4.28. The smallest absolute Gasteiger partial charge is 0.237 e. The minimum absolute atomic E-state index is 0.0597. The molecule has 0 fully saturated rings. The van der Waals surface area contributed by atoms with Crippen molar-refractivity contribution in [2.45, 2.75) is 46.6 Å². The number of hydrogen-bond acceptors (Lipinski definition) is 3. The second-order valence-corrected chi connectivity index (χ2v) is 5.00. The zero-order valence-corrected chi connectivity index (χ0v) is 11.8. The van der Waals surface area contributed by atoms with E-state index in [-0.39, 0.29) is 11.9 Å². The average Bonchev–Trinajstić information content (AvgIpc) is 2.29. The minimum atomic E-state index is -0.0597. The van der Waals surface area contributed by atoms with Gasteiger partial charge < -0.3 is 11.1 Å². The van der Waals surface area contributed by atoms with Gasteiger partial charge in [-0.05, 0) is 32.2 Å². The topological polar surface area (TPSA) is 58.4 Å². The number of nitrogens with two attached hydrogens (primary N) is 1. The fourth-order valence-electron chi connectivity index (χ4n) is 1.77. The quantitative estimate of drug-likeness (QED) is 0.640. The van der Waals surface area contributed by atoms with Crippen LogP contribution in [0.25, 0.3) is 0 Å². The van der Waals surface area contributed by atoms with Gasteiger partial charge in [-0.2, -0.15) is 0 Å². The highest BCUT2D eigenvalue weighted by atomic mass is 16.2. The first-order valence-electron chi connectivity index (χ1n) is 6.74. The number of amides is 1. The van der Waals surface area contributed by atoms with Crippen molar-refractivity contribution in [3.05, 3.63) is 0 Å². The third-order valence-electron chi connectivity index (χ3n) is 2.73. The highest BCUT2D eigenvalue weighted by Gasteiger charge is 2.20. The predicted octanol–water partition coefficient (Wildman–Crippen LogP) is 1.21. The van der Waals surface area contributed by atoms with E-state index in [1.54, 1.807) is 0 Å². The van der Waals surface area contributed by atoms with E-state index < -0.39 is 0 Å². The number of rotatable bonds is 9. The number of carbonyl (C=O) groups is 1. The third-order valence-corrected chi connectivity index (χ3v) is 2.73. The van der Waals surface area contributed by atoms with E-state index in [4.69, 9.17) is 5.73 Å². The Morgan fingerprint density at radius 3 is 2.47 bits per heavy atom. The lowest BCUT2D eigenvalue weighted by Gasteiger charge is -2.29. The van der Waals surface area contributed by atoms with E-state index in [1.807, 2.05) is 6.92 Å². The molecule has 102 valence electrons. The summed E-state index contributed by atoms with van der Waals surface area (Å²) in [5.41, 5.74) is 5.54. The van der Waals surface area contributed by atoms with Gasteiger partial charge in [0.2, 0.25) is 5.91 Å². The standard InChI is InChI=1S/C13H29N3O/c1-5-8-15-13(17)12(4)16(9-6-7-14)10-11(2)3/h11-12H,5-10,14H2,1-4H3,(H,15,17). The SMILES string of the molecule is CCCNC(=O)C(C)N(CCCN)CC(C)C. The Morgan fingerprint density at radius 1 is 1.35 bits per heavy atom. The van der Waals surface area contributed by atoms with Gasteiger partial charge in [0.25, 0.3) is 0 Å². The molecule has 17 heavy (non-hydrogen) atoms. The molecular weight excluding hydrogens is 214 g/mol. The zero-order valence-electron chi connectivity index (χ0n) is 11.8. The maximum absolute atomic E-state index is 11.9. The van der Waals surface area contributed by atoms with Crippen LogP contribution < -0.4 is 11.1 Å². The molecular formula is C13H29N3O. The molecule has 0 aliphatic heterocycles. The number of nitrogens with one attached hydrogen (secondary N) is 1. The van der Waals surface area contributed by atoms with Gasteiger partial charge in [0, 0.05) is 19.6 Å². The first-order chi connectivity index (χ1) is 8.02. The molecule has 4 heteroatoms. The van der Waals surface area contributed by atoms with Crippen LogP contribution in [0.1, 0.15) is 40.5 Å². The van der Waals surface area contributed by atoms with E-state index in [9.17, 15) is 4.79 Å². The summed E-state index contributed by atoms with van der Waals surface area (Å²) in [7, 11) is 0. The predicted molar refractivity (Wildman–Crippen MR) is 72.8 cm³/mol. The van der Waals surface area contributed by atoms with Crippen LogP contribution in [0.3, 0.4) is 0 Å². The number of carbonyl (C=O) groups excluding carboxylic acids is 1. The van der Waals surface area contributed by atoms with Gasteiger partial charge >= 0.3 is 0 Å². The largest absolute Gasteiger partial charge is 0.355 e.